The number of hydrogen-bond donors (Lipinski definition) is 2. The number of anilines is 2. The van der Waals surface area contributed by atoms with E-state index in [0.29, 0.717) is 22.5 Å². The van der Waals surface area contributed by atoms with Crippen LogP contribution in [-0.4, -0.2) is 34.2 Å². The van der Waals surface area contributed by atoms with Gasteiger partial charge in [0.05, 0.1) is 10.6 Å². The van der Waals surface area contributed by atoms with Crippen LogP contribution < -0.4 is 16.0 Å². The molecule has 2 aliphatic rings. The summed E-state index contributed by atoms with van der Waals surface area (Å²) >= 11 is 0.886. The first-order chi connectivity index (χ1) is 13.1. The fourth-order valence-electron chi connectivity index (χ4n) is 3.38. The highest BCUT2D eigenvalue weighted by molar-refractivity contribution is 8.18. The third-order valence-electron chi connectivity index (χ3n) is 4.75. The summed E-state index contributed by atoms with van der Waals surface area (Å²) < 4.78 is 0. The van der Waals surface area contributed by atoms with Crippen molar-refractivity contribution >= 4 is 40.6 Å². The van der Waals surface area contributed by atoms with E-state index in [1.165, 1.54) is 5.56 Å². The maximum Gasteiger partial charge on any atom is 0.290 e. The smallest absolute Gasteiger partial charge is 0.290 e. The number of nitrogens with zero attached hydrogens (tertiary/aromatic N) is 3. The van der Waals surface area contributed by atoms with E-state index in [0.717, 1.165) is 43.4 Å². The lowest BCUT2D eigenvalue weighted by Gasteiger charge is -2.32. The summed E-state index contributed by atoms with van der Waals surface area (Å²) in [4.78, 5) is 34.4. The largest absolute Gasteiger partial charge is 0.399 e. The van der Waals surface area contributed by atoms with Crippen LogP contribution in [0.5, 0.6) is 0 Å². The zero-order valence-corrected chi connectivity index (χ0v) is 15.4. The van der Waals surface area contributed by atoms with E-state index in [2.05, 4.69) is 32.3 Å². The first-order valence-corrected chi connectivity index (χ1v) is 9.58. The Bertz CT molecular complexity index is 922. The molecule has 27 heavy (non-hydrogen) atoms. The average Bonchev–Trinajstić information content (AvgIpc) is 2.99. The number of rotatable bonds is 3. The van der Waals surface area contributed by atoms with Gasteiger partial charge in [0.1, 0.15) is 0 Å². The zero-order chi connectivity index (χ0) is 18.8. The number of carbonyl (C=O) groups is 2. The van der Waals surface area contributed by atoms with Gasteiger partial charge in [0.2, 0.25) is 5.95 Å². The number of nitrogens with one attached hydrogen (secondary N) is 1. The van der Waals surface area contributed by atoms with Crippen molar-refractivity contribution < 1.29 is 9.59 Å². The second-order valence-electron chi connectivity index (χ2n) is 6.57. The van der Waals surface area contributed by atoms with Crippen molar-refractivity contribution in [3.05, 3.63) is 52.7 Å². The second kappa shape index (κ2) is 7.40. The van der Waals surface area contributed by atoms with Gasteiger partial charge in [0.25, 0.3) is 11.1 Å². The number of thioether (sulfide) groups is 1. The van der Waals surface area contributed by atoms with Gasteiger partial charge >= 0.3 is 0 Å². The lowest BCUT2D eigenvalue weighted by molar-refractivity contribution is -0.115. The molecule has 0 atom stereocenters. The number of amides is 2. The van der Waals surface area contributed by atoms with Gasteiger partial charge in [-0.05, 0) is 60.4 Å². The quantitative estimate of drug-likeness (QED) is 0.623. The topological polar surface area (TPSA) is 101 Å². The van der Waals surface area contributed by atoms with Crippen molar-refractivity contribution in [1.29, 1.82) is 0 Å². The Morgan fingerprint density at radius 2 is 2.04 bits per heavy atom. The molecule has 0 aliphatic carbocycles. The minimum absolute atomic E-state index is 0.352. The summed E-state index contributed by atoms with van der Waals surface area (Å²) in [6, 6.07) is 9.81. The standard InChI is InChI=1S/C19H19N5O2S/c20-14-3-1-2-13(10-14)12-5-8-24(9-6-12)18-21-7-4-15(22-18)11-16-17(25)23-19(26)27-16/h1-4,7,10-12H,5-6,8-9,20H2,(H,23,25,26)/b16-11-. The normalized spacial score (nSPS) is 19.6. The summed E-state index contributed by atoms with van der Waals surface area (Å²) in [7, 11) is 0. The van der Waals surface area contributed by atoms with Crippen LogP contribution in [0.2, 0.25) is 0 Å². The van der Waals surface area contributed by atoms with E-state index in [-0.39, 0.29) is 11.1 Å². The molecular weight excluding hydrogens is 362 g/mol. The lowest BCUT2D eigenvalue weighted by atomic mass is 9.89. The number of hydrogen-bond acceptors (Lipinski definition) is 7. The van der Waals surface area contributed by atoms with Gasteiger partial charge in [-0.1, -0.05) is 12.1 Å². The number of nitrogens with two attached hydrogens (primary N) is 1. The Labute approximate surface area is 161 Å². The van der Waals surface area contributed by atoms with Gasteiger partial charge in [-0.15, -0.1) is 0 Å². The van der Waals surface area contributed by atoms with E-state index in [1.54, 1.807) is 18.3 Å². The zero-order valence-electron chi connectivity index (χ0n) is 14.6. The fraction of sp³-hybridized carbons (Fsp3) is 0.263. The first-order valence-electron chi connectivity index (χ1n) is 8.77. The SMILES string of the molecule is Nc1cccc(C2CCN(c3nccc(/C=C4\SC(=O)NC4=O)n3)CC2)c1. The van der Waals surface area contributed by atoms with E-state index in [4.69, 9.17) is 5.73 Å². The van der Waals surface area contributed by atoms with E-state index < -0.39 is 0 Å². The van der Waals surface area contributed by atoms with E-state index in [9.17, 15) is 9.59 Å². The molecule has 2 aliphatic heterocycles. The highest BCUT2D eigenvalue weighted by atomic mass is 32.2. The molecule has 1 aromatic carbocycles. The highest BCUT2D eigenvalue weighted by Crippen LogP contribution is 2.30. The molecule has 1 aromatic heterocycles. The predicted molar refractivity (Wildman–Crippen MR) is 106 cm³/mol. The Kier molecular flexibility index (Phi) is 4.81. The van der Waals surface area contributed by atoms with Crippen molar-refractivity contribution in [3.63, 3.8) is 0 Å². The minimum Gasteiger partial charge on any atom is -0.399 e. The van der Waals surface area contributed by atoms with Crippen LogP contribution in [0.4, 0.5) is 16.4 Å². The van der Waals surface area contributed by atoms with Crippen LogP contribution in [0.1, 0.15) is 30.0 Å². The number of piperidine rings is 1. The lowest BCUT2D eigenvalue weighted by Crippen LogP contribution is -2.34. The van der Waals surface area contributed by atoms with Crippen LogP contribution in [0.3, 0.4) is 0 Å². The first kappa shape index (κ1) is 17.5. The third kappa shape index (κ3) is 3.95. The monoisotopic (exact) mass is 381 g/mol. The molecule has 7 nitrogen and oxygen atoms in total. The van der Waals surface area contributed by atoms with Crippen LogP contribution in [0, 0.1) is 0 Å². The highest BCUT2D eigenvalue weighted by Gasteiger charge is 2.26. The number of imide groups is 1. The summed E-state index contributed by atoms with van der Waals surface area (Å²) in [5.41, 5.74) is 8.59. The molecule has 3 heterocycles. The van der Waals surface area contributed by atoms with Gasteiger partial charge in [-0.3, -0.25) is 14.9 Å². The van der Waals surface area contributed by atoms with Gasteiger partial charge in [-0.25, -0.2) is 9.97 Å². The van der Waals surface area contributed by atoms with Crippen LogP contribution in [0.15, 0.2) is 41.4 Å². The molecular formula is C19H19N5O2S. The molecule has 138 valence electrons. The van der Waals surface area contributed by atoms with Crippen molar-refractivity contribution in [2.45, 2.75) is 18.8 Å². The third-order valence-corrected chi connectivity index (χ3v) is 5.56. The molecule has 2 saturated heterocycles. The summed E-state index contributed by atoms with van der Waals surface area (Å²) in [5, 5.41) is 1.89. The van der Waals surface area contributed by atoms with Gasteiger partial charge in [-0.2, -0.15) is 0 Å². The number of nitrogen functional groups attached to an aromatic ring is 1. The summed E-state index contributed by atoms with van der Waals surface area (Å²) in [5.74, 6) is 0.748. The number of carbonyl (C=O) groups excluding carboxylic acids is 2. The molecule has 2 amide bonds. The van der Waals surface area contributed by atoms with Crippen LogP contribution >= 0.6 is 11.8 Å². The number of benzene rings is 1. The van der Waals surface area contributed by atoms with E-state index >= 15 is 0 Å². The van der Waals surface area contributed by atoms with Crippen molar-refractivity contribution in [1.82, 2.24) is 15.3 Å². The van der Waals surface area contributed by atoms with Crippen molar-refractivity contribution in [2.24, 2.45) is 0 Å². The molecule has 0 radical (unpaired) electrons. The Morgan fingerprint density at radius 3 is 2.74 bits per heavy atom. The molecule has 0 unspecified atom stereocenters. The molecule has 4 rings (SSSR count). The van der Waals surface area contributed by atoms with Crippen molar-refractivity contribution in [2.75, 3.05) is 23.7 Å². The average molecular weight is 381 g/mol. The molecule has 0 saturated carbocycles. The Morgan fingerprint density at radius 1 is 1.22 bits per heavy atom. The Hall–Kier alpha value is -2.87. The minimum atomic E-state index is -0.381. The summed E-state index contributed by atoms with van der Waals surface area (Å²) in [6.45, 7) is 1.71. The molecule has 0 bridgehead atoms. The van der Waals surface area contributed by atoms with Gasteiger partial charge in [0, 0.05) is 25.0 Å². The Balaban J connectivity index is 1.45. The molecule has 2 aromatic rings. The van der Waals surface area contributed by atoms with Gasteiger partial charge in [0.15, 0.2) is 0 Å². The second-order valence-corrected chi connectivity index (χ2v) is 7.58. The fourth-order valence-corrected chi connectivity index (χ4v) is 4.04. The van der Waals surface area contributed by atoms with Crippen LogP contribution in [-0.2, 0) is 4.79 Å². The predicted octanol–water partition coefficient (Wildman–Crippen LogP) is 2.77. The van der Waals surface area contributed by atoms with Crippen molar-refractivity contribution in [3.8, 4) is 0 Å². The molecule has 8 heteroatoms. The number of aromatic nitrogens is 2. The van der Waals surface area contributed by atoms with Gasteiger partial charge < -0.3 is 10.6 Å². The molecule has 2 fully saturated rings. The molecule has 0 spiro atoms. The van der Waals surface area contributed by atoms with E-state index in [1.807, 2.05) is 12.1 Å². The molecule has 3 N–H and O–H groups in total. The summed E-state index contributed by atoms with van der Waals surface area (Å²) in [6.07, 6.45) is 5.31. The maximum atomic E-state index is 11.7. The maximum absolute atomic E-state index is 11.7. The van der Waals surface area contributed by atoms with Crippen LogP contribution in [0.25, 0.3) is 6.08 Å².